The van der Waals surface area contributed by atoms with Crippen LogP contribution in [0, 0.1) is 12.3 Å². The summed E-state index contributed by atoms with van der Waals surface area (Å²) < 4.78 is 0. The number of carbonyl (C=O) groups excluding carboxylic acids is 1. The molecule has 0 atom stereocenters. The molecule has 1 aromatic rings. The molecular weight excluding hydrogens is 180 g/mol. The van der Waals surface area contributed by atoms with Gasteiger partial charge in [-0.1, -0.05) is 5.92 Å². The largest absolute Gasteiger partial charge is 0.506 e. The Morgan fingerprint density at radius 1 is 1.64 bits per heavy atom. The Morgan fingerprint density at radius 2 is 2.36 bits per heavy atom. The van der Waals surface area contributed by atoms with Gasteiger partial charge in [0.1, 0.15) is 5.75 Å². The maximum absolute atomic E-state index is 11.3. The molecule has 0 aliphatic carbocycles. The highest BCUT2D eigenvalue weighted by atomic mass is 16.3. The molecule has 4 N–H and O–H groups in total. The first-order chi connectivity index (χ1) is 6.65. The van der Waals surface area contributed by atoms with Gasteiger partial charge in [0.2, 0.25) is 0 Å². The molecule has 4 nitrogen and oxygen atoms in total. The molecular formula is C10H10N2O2. The average Bonchev–Trinajstić information content (AvgIpc) is 2.18. The van der Waals surface area contributed by atoms with Crippen LogP contribution in [0.3, 0.4) is 0 Å². The number of benzene rings is 1. The topological polar surface area (TPSA) is 75.4 Å². The van der Waals surface area contributed by atoms with Crippen molar-refractivity contribution in [3.63, 3.8) is 0 Å². The van der Waals surface area contributed by atoms with Crippen LogP contribution in [0.25, 0.3) is 0 Å². The van der Waals surface area contributed by atoms with Gasteiger partial charge in [0.15, 0.2) is 0 Å². The zero-order valence-electron chi connectivity index (χ0n) is 7.45. The molecule has 0 bridgehead atoms. The van der Waals surface area contributed by atoms with Gasteiger partial charge in [-0.15, -0.1) is 6.42 Å². The van der Waals surface area contributed by atoms with Crippen LogP contribution < -0.4 is 11.1 Å². The van der Waals surface area contributed by atoms with E-state index in [9.17, 15) is 9.90 Å². The lowest BCUT2D eigenvalue weighted by Crippen LogP contribution is -2.23. The van der Waals surface area contributed by atoms with Gasteiger partial charge >= 0.3 is 0 Å². The summed E-state index contributed by atoms with van der Waals surface area (Å²) in [5, 5.41) is 11.7. The number of terminal acetylenes is 1. The van der Waals surface area contributed by atoms with Crippen molar-refractivity contribution in [2.24, 2.45) is 0 Å². The van der Waals surface area contributed by atoms with Crippen molar-refractivity contribution in [3.8, 4) is 18.1 Å². The summed E-state index contributed by atoms with van der Waals surface area (Å²) in [7, 11) is 0. The quantitative estimate of drug-likeness (QED) is 0.357. The Labute approximate surface area is 81.7 Å². The molecule has 1 aromatic carbocycles. The van der Waals surface area contributed by atoms with Crippen LogP contribution >= 0.6 is 0 Å². The van der Waals surface area contributed by atoms with Crippen LogP contribution in [0.5, 0.6) is 5.75 Å². The number of rotatable bonds is 2. The van der Waals surface area contributed by atoms with E-state index in [2.05, 4.69) is 11.2 Å². The number of nitrogen functional groups attached to an aromatic ring is 1. The molecule has 14 heavy (non-hydrogen) atoms. The second-order valence-electron chi connectivity index (χ2n) is 2.66. The normalized spacial score (nSPS) is 9.07. The van der Waals surface area contributed by atoms with E-state index in [0.717, 1.165) is 0 Å². The van der Waals surface area contributed by atoms with Gasteiger partial charge < -0.3 is 16.2 Å². The number of anilines is 1. The molecule has 0 heterocycles. The van der Waals surface area contributed by atoms with Crippen molar-refractivity contribution < 1.29 is 9.90 Å². The predicted octanol–water partition coefficient (Wildman–Crippen LogP) is 0.337. The molecule has 0 radical (unpaired) electrons. The number of phenols is 1. The molecule has 0 aliphatic heterocycles. The van der Waals surface area contributed by atoms with Gasteiger partial charge in [-0.2, -0.15) is 0 Å². The molecule has 0 aromatic heterocycles. The fraction of sp³-hybridized carbons (Fsp3) is 0.100. The minimum Gasteiger partial charge on any atom is -0.506 e. The lowest BCUT2D eigenvalue weighted by Gasteiger charge is -2.03. The Bertz CT molecular complexity index is 394. The number of hydrogen-bond donors (Lipinski definition) is 3. The van der Waals surface area contributed by atoms with E-state index in [-0.39, 0.29) is 23.9 Å². The lowest BCUT2D eigenvalue weighted by atomic mass is 10.2. The Hall–Kier alpha value is -2.15. The van der Waals surface area contributed by atoms with Crippen LogP contribution in [-0.2, 0) is 0 Å². The maximum Gasteiger partial charge on any atom is 0.252 e. The van der Waals surface area contributed by atoms with Gasteiger partial charge in [-0.3, -0.25) is 4.79 Å². The van der Waals surface area contributed by atoms with E-state index in [1.165, 1.54) is 18.2 Å². The van der Waals surface area contributed by atoms with Crippen LogP contribution in [0.15, 0.2) is 18.2 Å². The fourth-order valence-corrected chi connectivity index (χ4v) is 0.918. The minimum atomic E-state index is -0.335. The molecule has 0 aliphatic rings. The van der Waals surface area contributed by atoms with Gasteiger partial charge in [0.25, 0.3) is 5.91 Å². The summed E-state index contributed by atoms with van der Waals surface area (Å²) in [6.45, 7) is 0.157. The molecule has 1 rings (SSSR count). The first-order valence-electron chi connectivity index (χ1n) is 3.95. The molecule has 1 amide bonds. The number of hydrogen-bond acceptors (Lipinski definition) is 3. The third kappa shape index (κ3) is 2.17. The number of phenolic OH excluding ortho intramolecular Hbond substituents is 1. The van der Waals surface area contributed by atoms with Crippen LogP contribution in [0.1, 0.15) is 10.4 Å². The Morgan fingerprint density at radius 3 is 2.93 bits per heavy atom. The highest BCUT2D eigenvalue weighted by Crippen LogP contribution is 2.20. The van der Waals surface area contributed by atoms with E-state index < -0.39 is 0 Å². The van der Waals surface area contributed by atoms with Crippen molar-refractivity contribution in [2.45, 2.75) is 0 Å². The number of aromatic hydroxyl groups is 1. The summed E-state index contributed by atoms with van der Waals surface area (Å²) in [5.41, 5.74) is 5.94. The van der Waals surface area contributed by atoms with E-state index in [0.29, 0.717) is 5.56 Å². The lowest BCUT2D eigenvalue weighted by molar-refractivity contribution is 0.0958. The van der Waals surface area contributed by atoms with Gasteiger partial charge in [-0.05, 0) is 18.2 Å². The van der Waals surface area contributed by atoms with Crippen molar-refractivity contribution >= 4 is 11.6 Å². The fourth-order valence-electron chi connectivity index (χ4n) is 0.918. The molecule has 4 heteroatoms. The third-order valence-electron chi connectivity index (χ3n) is 1.64. The SMILES string of the molecule is C#CCNC(=O)c1ccc(N)c(O)c1. The maximum atomic E-state index is 11.3. The first-order valence-corrected chi connectivity index (χ1v) is 3.95. The molecule has 72 valence electrons. The van der Waals surface area contributed by atoms with Gasteiger partial charge in [-0.25, -0.2) is 0 Å². The van der Waals surface area contributed by atoms with Crippen LogP contribution in [-0.4, -0.2) is 17.6 Å². The smallest absolute Gasteiger partial charge is 0.252 e. The summed E-state index contributed by atoms with van der Waals surface area (Å²) in [5.74, 6) is 1.83. The Balaban J connectivity index is 2.82. The second-order valence-corrected chi connectivity index (χ2v) is 2.66. The summed E-state index contributed by atoms with van der Waals surface area (Å²) in [4.78, 5) is 11.3. The van der Waals surface area contributed by atoms with Crippen LogP contribution in [0.4, 0.5) is 5.69 Å². The number of nitrogens with one attached hydrogen (secondary N) is 1. The standard InChI is InChI=1S/C10H10N2O2/c1-2-5-12-10(14)7-3-4-8(11)9(13)6-7/h1,3-4,6,13H,5,11H2,(H,12,14). The first kappa shape index (κ1) is 9.93. The van der Waals surface area contributed by atoms with Crippen molar-refractivity contribution in [1.29, 1.82) is 0 Å². The monoisotopic (exact) mass is 190 g/mol. The second kappa shape index (κ2) is 4.19. The minimum absolute atomic E-state index is 0.113. The zero-order valence-corrected chi connectivity index (χ0v) is 7.45. The third-order valence-corrected chi connectivity index (χ3v) is 1.64. The van der Waals surface area contributed by atoms with Gasteiger partial charge in [0, 0.05) is 5.56 Å². The molecule has 0 saturated carbocycles. The van der Waals surface area contributed by atoms with E-state index in [1.54, 1.807) is 0 Å². The number of amides is 1. The zero-order chi connectivity index (χ0) is 10.6. The summed E-state index contributed by atoms with van der Waals surface area (Å²) in [6, 6.07) is 4.27. The van der Waals surface area contributed by atoms with Crippen molar-refractivity contribution in [1.82, 2.24) is 5.32 Å². The summed E-state index contributed by atoms with van der Waals surface area (Å²) in [6.07, 6.45) is 4.97. The number of nitrogens with two attached hydrogens (primary N) is 1. The molecule has 0 spiro atoms. The predicted molar refractivity (Wildman–Crippen MR) is 53.7 cm³/mol. The highest BCUT2D eigenvalue weighted by Gasteiger charge is 2.06. The average molecular weight is 190 g/mol. The Kier molecular flexibility index (Phi) is 2.97. The molecule has 0 saturated heterocycles. The highest BCUT2D eigenvalue weighted by molar-refractivity contribution is 5.95. The number of carbonyl (C=O) groups is 1. The van der Waals surface area contributed by atoms with E-state index in [1.807, 2.05) is 0 Å². The van der Waals surface area contributed by atoms with E-state index >= 15 is 0 Å². The van der Waals surface area contributed by atoms with Crippen molar-refractivity contribution in [3.05, 3.63) is 23.8 Å². The van der Waals surface area contributed by atoms with Crippen molar-refractivity contribution in [2.75, 3.05) is 12.3 Å². The molecule has 0 fully saturated rings. The summed E-state index contributed by atoms with van der Waals surface area (Å²) >= 11 is 0. The van der Waals surface area contributed by atoms with Crippen LogP contribution in [0.2, 0.25) is 0 Å². The van der Waals surface area contributed by atoms with E-state index in [4.69, 9.17) is 12.2 Å². The van der Waals surface area contributed by atoms with Gasteiger partial charge in [0.05, 0.1) is 12.2 Å². The molecule has 0 unspecified atom stereocenters.